The maximum Gasteiger partial charge on any atom is 0.0696 e. The minimum Gasteiger partial charge on any atom is -0.389 e. The summed E-state index contributed by atoms with van der Waals surface area (Å²) in [6.45, 7) is 5.89. The molecule has 0 radical (unpaired) electrons. The Labute approximate surface area is 79.7 Å². The van der Waals surface area contributed by atoms with E-state index >= 15 is 0 Å². The van der Waals surface area contributed by atoms with Crippen LogP contribution < -0.4 is 0 Å². The highest BCUT2D eigenvalue weighted by molar-refractivity contribution is 5.54. The van der Waals surface area contributed by atoms with Gasteiger partial charge in [-0.15, -0.1) is 0 Å². The van der Waals surface area contributed by atoms with Gasteiger partial charge >= 0.3 is 0 Å². The first-order valence-corrected chi connectivity index (χ1v) is 4.53. The molecule has 0 saturated heterocycles. The Morgan fingerprint density at radius 3 is 2.62 bits per heavy atom. The molecule has 0 aliphatic heterocycles. The van der Waals surface area contributed by atoms with Crippen molar-refractivity contribution in [2.75, 3.05) is 0 Å². The van der Waals surface area contributed by atoms with Crippen LogP contribution >= 0.6 is 0 Å². The number of aliphatic hydroxyl groups is 1. The van der Waals surface area contributed by atoms with E-state index in [1.807, 2.05) is 6.08 Å². The van der Waals surface area contributed by atoms with Crippen LogP contribution in [0.5, 0.6) is 0 Å². The Morgan fingerprint density at radius 2 is 2.00 bits per heavy atom. The first-order valence-electron chi connectivity index (χ1n) is 4.53. The van der Waals surface area contributed by atoms with Crippen molar-refractivity contribution < 1.29 is 5.11 Å². The van der Waals surface area contributed by atoms with E-state index in [-0.39, 0.29) is 6.10 Å². The zero-order valence-electron chi connectivity index (χ0n) is 8.41. The van der Waals surface area contributed by atoms with Crippen LogP contribution in [0, 0.1) is 13.8 Å². The van der Waals surface area contributed by atoms with Gasteiger partial charge in [0.05, 0.1) is 6.10 Å². The molecule has 13 heavy (non-hydrogen) atoms. The predicted molar refractivity (Wildman–Crippen MR) is 56.6 cm³/mol. The molecule has 0 aliphatic carbocycles. The highest BCUT2D eigenvalue weighted by Crippen LogP contribution is 2.12. The second-order valence-electron chi connectivity index (χ2n) is 3.46. The maximum absolute atomic E-state index is 9.09. The molecule has 1 rings (SSSR count). The number of aryl methyl sites for hydroxylation is 2. The molecule has 0 spiro atoms. The van der Waals surface area contributed by atoms with Gasteiger partial charge in [0.2, 0.25) is 0 Å². The van der Waals surface area contributed by atoms with Crippen molar-refractivity contribution in [2.24, 2.45) is 0 Å². The van der Waals surface area contributed by atoms with E-state index in [4.69, 9.17) is 5.11 Å². The van der Waals surface area contributed by atoms with Gasteiger partial charge in [0.15, 0.2) is 0 Å². The Balaban J connectivity index is 2.93. The van der Waals surface area contributed by atoms with Crippen molar-refractivity contribution in [3.05, 3.63) is 41.0 Å². The summed E-state index contributed by atoms with van der Waals surface area (Å²) in [7, 11) is 0. The second kappa shape index (κ2) is 4.24. The summed E-state index contributed by atoms with van der Waals surface area (Å²) in [5, 5.41) is 9.09. The van der Waals surface area contributed by atoms with Crippen LogP contribution in [0.4, 0.5) is 0 Å². The fourth-order valence-corrected chi connectivity index (χ4v) is 1.18. The van der Waals surface area contributed by atoms with Gasteiger partial charge in [-0.1, -0.05) is 35.9 Å². The summed E-state index contributed by atoms with van der Waals surface area (Å²) in [5.41, 5.74) is 3.67. The normalized spacial score (nSPS) is 13.5. The molecule has 0 aliphatic rings. The van der Waals surface area contributed by atoms with Crippen LogP contribution in [-0.2, 0) is 0 Å². The zero-order valence-corrected chi connectivity index (χ0v) is 8.41. The molecular formula is C12H16O. The SMILES string of the molecule is Cc1ccc(C)c(/C=C/[C@H](C)O)c1. The van der Waals surface area contributed by atoms with Crippen molar-refractivity contribution >= 4 is 6.08 Å². The minimum atomic E-state index is -0.375. The van der Waals surface area contributed by atoms with E-state index in [1.54, 1.807) is 13.0 Å². The monoisotopic (exact) mass is 176 g/mol. The van der Waals surface area contributed by atoms with Crippen LogP contribution in [0.15, 0.2) is 24.3 Å². The number of hydrogen-bond acceptors (Lipinski definition) is 1. The lowest BCUT2D eigenvalue weighted by Crippen LogP contribution is -1.92. The topological polar surface area (TPSA) is 20.2 Å². The summed E-state index contributed by atoms with van der Waals surface area (Å²) < 4.78 is 0. The van der Waals surface area contributed by atoms with Crippen LogP contribution in [0.1, 0.15) is 23.6 Å². The third kappa shape index (κ3) is 3.03. The number of aliphatic hydroxyl groups excluding tert-OH is 1. The lowest BCUT2D eigenvalue weighted by atomic mass is 10.1. The predicted octanol–water partition coefficient (Wildman–Crippen LogP) is 2.70. The molecule has 1 aromatic rings. The zero-order chi connectivity index (χ0) is 9.84. The molecule has 1 heteroatoms. The molecule has 1 nitrogen and oxygen atoms in total. The average Bonchev–Trinajstić information content (AvgIpc) is 2.06. The first kappa shape index (κ1) is 10.0. The summed E-state index contributed by atoms with van der Waals surface area (Å²) in [4.78, 5) is 0. The highest BCUT2D eigenvalue weighted by atomic mass is 16.3. The quantitative estimate of drug-likeness (QED) is 0.734. The fraction of sp³-hybridized carbons (Fsp3) is 0.333. The molecule has 1 atom stereocenters. The van der Waals surface area contributed by atoms with Gasteiger partial charge in [-0.25, -0.2) is 0 Å². The first-order chi connectivity index (χ1) is 6.09. The highest BCUT2D eigenvalue weighted by Gasteiger charge is 1.94. The van der Waals surface area contributed by atoms with Crippen molar-refractivity contribution in [3.63, 3.8) is 0 Å². The van der Waals surface area contributed by atoms with Crippen LogP contribution in [0.25, 0.3) is 6.08 Å². The van der Waals surface area contributed by atoms with Crippen LogP contribution in [-0.4, -0.2) is 11.2 Å². The standard InChI is InChI=1S/C12H16O/c1-9-4-5-10(2)12(8-9)7-6-11(3)13/h4-8,11,13H,1-3H3/b7-6+/t11-/m0/s1. The smallest absolute Gasteiger partial charge is 0.0696 e. The molecule has 0 aromatic heterocycles. The van der Waals surface area contributed by atoms with Crippen molar-refractivity contribution in [1.29, 1.82) is 0 Å². The average molecular weight is 176 g/mol. The summed E-state index contributed by atoms with van der Waals surface area (Å²) in [6, 6.07) is 6.31. The van der Waals surface area contributed by atoms with E-state index in [0.29, 0.717) is 0 Å². The molecule has 0 bridgehead atoms. The number of rotatable bonds is 2. The maximum atomic E-state index is 9.09. The van der Waals surface area contributed by atoms with Gasteiger partial charge in [0.1, 0.15) is 0 Å². The summed E-state index contributed by atoms with van der Waals surface area (Å²) in [6.07, 6.45) is 3.38. The van der Waals surface area contributed by atoms with Crippen molar-refractivity contribution in [1.82, 2.24) is 0 Å². The second-order valence-corrected chi connectivity index (χ2v) is 3.46. The lowest BCUT2D eigenvalue weighted by molar-refractivity contribution is 0.245. The third-order valence-corrected chi connectivity index (χ3v) is 1.99. The Hall–Kier alpha value is -1.08. The van der Waals surface area contributed by atoms with E-state index < -0.39 is 0 Å². The molecule has 0 amide bonds. The Bertz CT molecular complexity index is 311. The Kier molecular flexibility index (Phi) is 3.26. The number of hydrogen-bond donors (Lipinski definition) is 1. The fourth-order valence-electron chi connectivity index (χ4n) is 1.18. The molecular weight excluding hydrogens is 160 g/mol. The molecule has 1 aromatic carbocycles. The minimum absolute atomic E-state index is 0.375. The van der Waals surface area contributed by atoms with E-state index in [9.17, 15) is 0 Å². The molecule has 1 N–H and O–H groups in total. The van der Waals surface area contributed by atoms with Crippen molar-refractivity contribution in [3.8, 4) is 0 Å². The molecule has 70 valence electrons. The molecule has 0 unspecified atom stereocenters. The molecule has 0 saturated carbocycles. The van der Waals surface area contributed by atoms with Gasteiger partial charge in [-0.05, 0) is 31.9 Å². The van der Waals surface area contributed by atoms with Gasteiger partial charge in [0, 0.05) is 0 Å². The lowest BCUT2D eigenvalue weighted by Gasteiger charge is -2.02. The third-order valence-electron chi connectivity index (χ3n) is 1.99. The summed E-state index contributed by atoms with van der Waals surface area (Å²) >= 11 is 0. The summed E-state index contributed by atoms with van der Waals surface area (Å²) in [5.74, 6) is 0. The van der Waals surface area contributed by atoms with Gasteiger partial charge in [-0.3, -0.25) is 0 Å². The molecule has 0 fully saturated rings. The van der Waals surface area contributed by atoms with E-state index in [2.05, 4.69) is 32.0 Å². The molecule has 0 heterocycles. The van der Waals surface area contributed by atoms with Crippen LogP contribution in [0.3, 0.4) is 0 Å². The Morgan fingerprint density at radius 1 is 1.31 bits per heavy atom. The van der Waals surface area contributed by atoms with Crippen molar-refractivity contribution in [2.45, 2.75) is 26.9 Å². The van der Waals surface area contributed by atoms with Crippen LogP contribution in [0.2, 0.25) is 0 Å². The van der Waals surface area contributed by atoms with Gasteiger partial charge in [-0.2, -0.15) is 0 Å². The van der Waals surface area contributed by atoms with Gasteiger partial charge < -0.3 is 5.11 Å². The van der Waals surface area contributed by atoms with Gasteiger partial charge in [0.25, 0.3) is 0 Å². The largest absolute Gasteiger partial charge is 0.389 e. The van der Waals surface area contributed by atoms with E-state index in [1.165, 1.54) is 16.7 Å². The van der Waals surface area contributed by atoms with E-state index in [0.717, 1.165) is 0 Å². The number of benzene rings is 1.